The maximum absolute atomic E-state index is 11.0. The van der Waals surface area contributed by atoms with Crippen molar-refractivity contribution in [3.8, 4) is 0 Å². The van der Waals surface area contributed by atoms with Gasteiger partial charge in [-0.1, -0.05) is 13.8 Å². The van der Waals surface area contributed by atoms with Gasteiger partial charge in [0.05, 0.1) is 12.5 Å². The van der Waals surface area contributed by atoms with Crippen LogP contribution in [0, 0.1) is 11.8 Å². The van der Waals surface area contributed by atoms with Gasteiger partial charge < -0.3 is 15.5 Å². The van der Waals surface area contributed by atoms with E-state index < -0.39 is 18.5 Å². The molecular weight excluding hydrogens is 174 g/mol. The minimum Gasteiger partial charge on any atom is -0.481 e. The first kappa shape index (κ1) is 11.9. The first-order valence-electron chi connectivity index (χ1n) is 4.10. The molecule has 0 saturated carbocycles. The topological polar surface area (TPSA) is 86.6 Å². The summed E-state index contributed by atoms with van der Waals surface area (Å²) < 4.78 is 0. The highest BCUT2D eigenvalue weighted by molar-refractivity contribution is 5.78. The quantitative estimate of drug-likeness (QED) is 0.541. The fraction of sp³-hybridized carbons (Fsp3) is 0.750. The molecule has 0 aliphatic heterocycles. The van der Waals surface area contributed by atoms with Crippen LogP contribution in [0.3, 0.4) is 0 Å². The molecule has 0 fully saturated rings. The molecule has 0 bridgehead atoms. The van der Waals surface area contributed by atoms with E-state index in [4.69, 9.17) is 10.2 Å². The highest BCUT2D eigenvalue weighted by Gasteiger charge is 2.17. The van der Waals surface area contributed by atoms with Crippen molar-refractivity contribution in [3.63, 3.8) is 0 Å². The number of carbonyl (C=O) groups excluding carboxylic acids is 1. The number of carboxylic acid groups (broad SMARTS) is 1. The number of aliphatic carboxylic acids is 1. The van der Waals surface area contributed by atoms with E-state index >= 15 is 0 Å². The number of amides is 1. The number of nitrogens with one attached hydrogen (secondary N) is 1. The molecule has 0 aromatic heterocycles. The van der Waals surface area contributed by atoms with Crippen LogP contribution < -0.4 is 5.32 Å². The summed E-state index contributed by atoms with van der Waals surface area (Å²) >= 11 is 0. The van der Waals surface area contributed by atoms with Gasteiger partial charge in [0.2, 0.25) is 5.91 Å². The van der Waals surface area contributed by atoms with Crippen molar-refractivity contribution in [3.05, 3.63) is 0 Å². The highest BCUT2D eigenvalue weighted by Crippen LogP contribution is 1.95. The predicted molar refractivity (Wildman–Crippen MR) is 46.1 cm³/mol. The van der Waals surface area contributed by atoms with Crippen molar-refractivity contribution in [1.82, 2.24) is 5.32 Å². The number of carbonyl (C=O) groups is 2. The van der Waals surface area contributed by atoms with Crippen molar-refractivity contribution in [1.29, 1.82) is 0 Å². The molecule has 0 aromatic carbocycles. The molecule has 1 atom stereocenters. The second kappa shape index (κ2) is 5.53. The molecule has 0 aliphatic carbocycles. The van der Waals surface area contributed by atoms with Gasteiger partial charge in [-0.25, -0.2) is 0 Å². The number of aliphatic hydroxyl groups excluding tert-OH is 1. The Labute approximate surface area is 76.8 Å². The van der Waals surface area contributed by atoms with Crippen molar-refractivity contribution in [2.24, 2.45) is 11.8 Å². The Balaban J connectivity index is 3.85. The predicted octanol–water partition coefficient (Wildman–Crippen LogP) is -0.548. The van der Waals surface area contributed by atoms with Crippen LogP contribution >= 0.6 is 0 Å². The van der Waals surface area contributed by atoms with E-state index in [1.165, 1.54) is 0 Å². The molecule has 3 N–H and O–H groups in total. The lowest BCUT2D eigenvalue weighted by atomic mass is 10.1. The first-order valence-corrected chi connectivity index (χ1v) is 4.10. The average Bonchev–Trinajstić information content (AvgIpc) is 2.04. The number of rotatable bonds is 5. The summed E-state index contributed by atoms with van der Waals surface area (Å²) in [6.45, 7) is 2.94. The van der Waals surface area contributed by atoms with Crippen molar-refractivity contribution in [2.75, 3.05) is 13.2 Å². The van der Waals surface area contributed by atoms with Gasteiger partial charge in [0.1, 0.15) is 0 Å². The number of aliphatic hydroxyl groups is 1. The number of hydrogen-bond acceptors (Lipinski definition) is 3. The summed E-state index contributed by atoms with van der Waals surface area (Å²) in [5, 5.41) is 19.6. The molecular formula is C8H15NO4. The Morgan fingerprint density at radius 3 is 2.23 bits per heavy atom. The fourth-order valence-corrected chi connectivity index (χ4v) is 0.658. The monoisotopic (exact) mass is 189 g/mol. The van der Waals surface area contributed by atoms with E-state index in [9.17, 15) is 9.59 Å². The molecule has 5 nitrogen and oxygen atoms in total. The van der Waals surface area contributed by atoms with Crippen LogP contribution in [0.5, 0.6) is 0 Å². The molecule has 76 valence electrons. The van der Waals surface area contributed by atoms with E-state index in [0.717, 1.165) is 0 Å². The Morgan fingerprint density at radius 1 is 1.38 bits per heavy atom. The van der Waals surface area contributed by atoms with Gasteiger partial charge in [0.15, 0.2) is 0 Å². The van der Waals surface area contributed by atoms with E-state index in [2.05, 4.69) is 5.32 Å². The van der Waals surface area contributed by atoms with E-state index in [1.54, 1.807) is 13.8 Å². The summed E-state index contributed by atoms with van der Waals surface area (Å²) in [5.74, 6) is -2.40. The minimum absolute atomic E-state index is 0.0250. The van der Waals surface area contributed by atoms with Gasteiger partial charge in [0.25, 0.3) is 0 Å². The maximum atomic E-state index is 11.0. The molecule has 0 spiro atoms. The fourth-order valence-electron chi connectivity index (χ4n) is 0.658. The Bertz CT molecular complexity index is 191. The number of hydrogen-bond donors (Lipinski definition) is 3. The van der Waals surface area contributed by atoms with E-state index in [1.807, 2.05) is 0 Å². The molecule has 13 heavy (non-hydrogen) atoms. The zero-order valence-corrected chi connectivity index (χ0v) is 7.78. The largest absolute Gasteiger partial charge is 0.481 e. The van der Waals surface area contributed by atoms with Crippen LogP contribution in [0.2, 0.25) is 0 Å². The zero-order chi connectivity index (χ0) is 10.4. The molecule has 0 saturated heterocycles. The normalized spacial score (nSPS) is 12.6. The number of carboxylic acids is 1. The van der Waals surface area contributed by atoms with Gasteiger partial charge in [-0.15, -0.1) is 0 Å². The van der Waals surface area contributed by atoms with Gasteiger partial charge >= 0.3 is 5.97 Å². The smallest absolute Gasteiger partial charge is 0.310 e. The van der Waals surface area contributed by atoms with Crippen LogP contribution in [0.1, 0.15) is 13.8 Å². The third-order valence-electron chi connectivity index (χ3n) is 1.62. The molecule has 0 unspecified atom stereocenters. The molecule has 0 rings (SSSR count). The summed E-state index contributed by atoms with van der Waals surface area (Å²) in [6, 6.07) is 0. The molecule has 1 amide bonds. The lowest BCUT2D eigenvalue weighted by Gasteiger charge is -2.11. The van der Waals surface area contributed by atoms with Crippen molar-refractivity contribution in [2.45, 2.75) is 13.8 Å². The molecule has 5 heteroatoms. The van der Waals surface area contributed by atoms with Crippen LogP contribution in [-0.4, -0.2) is 35.2 Å². The third-order valence-corrected chi connectivity index (χ3v) is 1.62. The lowest BCUT2D eigenvalue weighted by molar-refractivity contribution is -0.143. The Kier molecular flexibility index (Phi) is 5.06. The second-order valence-electron chi connectivity index (χ2n) is 3.12. The standard InChI is InChI=1S/C8H15NO4/c1-5(2)7(11)9-3-6(4-10)8(12)13/h5-6,10H,3-4H2,1-2H3,(H,9,11)(H,12,13)/t6-/m0/s1. The second-order valence-corrected chi connectivity index (χ2v) is 3.12. The highest BCUT2D eigenvalue weighted by atomic mass is 16.4. The summed E-state index contributed by atoms with van der Waals surface area (Å²) in [7, 11) is 0. The molecule has 0 radical (unpaired) electrons. The van der Waals surface area contributed by atoms with Crippen LogP contribution in [0.15, 0.2) is 0 Å². The maximum Gasteiger partial charge on any atom is 0.310 e. The van der Waals surface area contributed by atoms with E-state index in [-0.39, 0.29) is 18.4 Å². The van der Waals surface area contributed by atoms with Gasteiger partial charge in [-0.3, -0.25) is 9.59 Å². The van der Waals surface area contributed by atoms with Crippen LogP contribution in [-0.2, 0) is 9.59 Å². The summed E-state index contributed by atoms with van der Waals surface area (Å²) in [6.07, 6.45) is 0. The van der Waals surface area contributed by atoms with Crippen molar-refractivity contribution >= 4 is 11.9 Å². The minimum atomic E-state index is -1.11. The molecule has 0 heterocycles. The molecule has 0 aromatic rings. The molecule has 0 aliphatic rings. The summed E-state index contributed by atoms with van der Waals surface area (Å²) in [4.78, 5) is 21.4. The third kappa shape index (κ3) is 4.47. The zero-order valence-electron chi connectivity index (χ0n) is 7.78. The lowest BCUT2D eigenvalue weighted by Crippen LogP contribution is -2.36. The average molecular weight is 189 g/mol. The van der Waals surface area contributed by atoms with Gasteiger partial charge in [-0.2, -0.15) is 0 Å². The first-order chi connectivity index (χ1) is 5.99. The SMILES string of the molecule is CC(C)C(=O)NC[C@@H](CO)C(=O)O. The van der Waals surface area contributed by atoms with Gasteiger partial charge in [-0.05, 0) is 0 Å². The van der Waals surface area contributed by atoms with Crippen LogP contribution in [0.4, 0.5) is 0 Å². The Morgan fingerprint density at radius 2 is 1.92 bits per heavy atom. The summed E-state index contributed by atoms with van der Waals surface area (Å²) in [5.41, 5.74) is 0. The van der Waals surface area contributed by atoms with Gasteiger partial charge in [0, 0.05) is 12.5 Å². The van der Waals surface area contributed by atoms with Crippen molar-refractivity contribution < 1.29 is 19.8 Å². The van der Waals surface area contributed by atoms with E-state index in [0.29, 0.717) is 0 Å². The van der Waals surface area contributed by atoms with Crippen LogP contribution in [0.25, 0.3) is 0 Å². The Hall–Kier alpha value is -1.10.